The van der Waals surface area contributed by atoms with E-state index in [1.54, 1.807) is 0 Å². The summed E-state index contributed by atoms with van der Waals surface area (Å²) in [7, 11) is 1.91. The lowest BCUT2D eigenvalue weighted by molar-refractivity contribution is 0.181. The average molecular weight is 484 g/mol. The smallest absolute Gasteiger partial charge is 0.193 e. The average Bonchev–Trinajstić information content (AvgIpc) is 3.15. The van der Waals surface area contributed by atoms with Gasteiger partial charge in [0.2, 0.25) is 0 Å². The molecular weight excluding hydrogens is 447 g/mol. The van der Waals surface area contributed by atoms with Gasteiger partial charge in [0.25, 0.3) is 0 Å². The van der Waals surface area contributed by atoms with Gasteiger partial charge in [-0.05, 0) is 56.7 Å². The molecule has 1 aromatic rings. The normalized spacial score (nSPS) is 23.9. The lowest BCUT2D eigenvalue weighted by atomic mass is 9.99. The van der Waals surface area contributed by atoms with Crippen molar-refractivity contribution >= 4 is 29.9 Å². The molecule has 2 atom stereocenters. The van der Waals surface area contributed by atoms with Crippen LogP contribution in [-0.4, -0.2) is 62.1 Å². The number of piperidine rings is 1. The number of hydrogen-bond acceptors (Lipinski definition) is 2. The number of hydrogen-bond donors (Lipinski definition) is 1. The van der Waals surface area contributed by atoms with Crippen molar-refractivity contribution in [2.45, 2.75) is 44.9 Å². The maximum atomic E-state index is 4.52. The van der Waals surface area contributed by atoms with Crippen LogP contribution in [-0.2, 0) is 0 Å². The quantitative estimate of drug-likeness (QED) is 0.285. The van der Waals surface area contributed by atoms with E-state index in [2.05, 4.69) is 57.4 Å². The molecule has 4 nitrogen and oxygen atoms in total. The van der Waals surface area contributed by atoms with Gasteiger partial charge in [-0.2, -0.15) is 0 Å². The highest BCUT2D eigenvalue weighted by atomic mass is 127. The van der Waals surface area contributed by atoms with Crippen LogP contribution in [0, 0.1) is 5.92 Å². The molecule has 1 N–H and O–H groups in total. The monoisotopic (exact) mass is 484 g/mol. The van der Waals surface area contributed by atoms with E-state index < -0.39 is 0 Å². The van der Waals surface area contributed by atoms with Crippen molar-refractivity contribution in [1.29, 1.82) is 0 Å². The maximum Gasteiger partial charge on any atom is 0.193 e. The highest BCUT2D eigenvalue weighted by Crippen LogP contribution is 2.26. The van der Waals surface area contributed by atoms with E-state index in [0.29, 0.717) is 5.92 Å². The second-order valence-corrected chi connectivity index (χ2v) is 8.07. The molecule has 0 aliphatic carbocycles. The molecular formula is C22H37IN4. The largest absolute Gasteiger partial charge is 0.356 e. The summed E-state index contributed by atoms with van der Waals surface area (Å²) in [6.45, 7) is 9.45. The van der Waals surface area contributed by atoms with Gasteiger partial charge >= 0.3 is 0 Å². The SMILES string of the molecule is CN=C(NCCCCN1CCCC(C)C1)N1CCC(c2ccccc2)C1.I. The molecule has 0 bridgehead atoms. The Hall–Kier alpha value is -0.820. The van der Waals surface area contributed by atoms with Crippen molar-refractivity contribution < 1.29 is 0 Å². The van der Waals surface area contributed by atoms with Crippen molar-refractivity contribution in [2.24, 2.45) is 10.9 Å². The zero-order valence-electron chi connectivity index (χ0n) is 17.1. The molecule has 2 aliphatic heterocycles. The predicted octanol–water partition coefficient (Wildman–Crippen LogP) is 4.18. The molecule has 2 saturated heterocycles. The van der Waals surface area contributed by atoms with Crippen LogP contribution in [0.3, 0.4) is 0 Å². The lowest BCUT2D eigenvalue weighted by Gasteiger charge is -2.30. The Balaban J connectivity index is 0.00000261. The summed E-state index contributed by atoms with van der Waals surface area (Å²) in [6, 6.07) is 10.9. The Morgan fingerprint density at radius 1 is 1.11 bits per heavy atom. The van der Waals surface area contributed by atoms with E-state index in [-0.39, 0.29) is 24.0 Å². The number of guanidine groups is 1. The topological polar surface area (TPSA) is 30.9 Å². The fourth-order valence-corrected chi connectivity index (χ4v) is 4.43. The zero-order chi connectivity index (χ0) is 18.2. The molecule has 2 aliphatic rings. The summed E-state index contributed by atoms with van der Waals surface area (Å²) in [5.74, 6) is 2.60. The van der Waals surface area contributed by atoms with Crippen LogP contribution >= 0.6 is 24.0 Å². The first-order valence-corrected chi connectivity index (χ1v) is 10.5. The maximum absolute atomic E-state index is 4.52. The fraction of sp³-hybridized carbons (Fsp3) is 0.682. The third-order valence-electron chi connectivity index (χ3n) is 5.90. The Kier molecular flexibility index (Phi) is 9.90. The third-order valence-corrected chi connectivity index (χ3v) is 5.90. The molecule has 0 aromatic heterocycles. The van der Waals surface area contributed by atoms with Crippen LogP contribution in [0.2, 0.25) is 0 Å². The van der Waals surface area contributed by atoms with Crippen LogP contribution in [0.1, 0.15) is 50.5 Å². The molecule has 0 radical (unpaired) electrons. The summed E-state index contributed by atoms with van der Waals surface area (Å²) in [6.07, 6.45) is 6.51. The first kappa shape index (κ1) is 22.5. The van der Waals surface area contributed by atoms with Crippen molar-refractivity contribution in [1.82, 2.24) is 15.1 Å². The summed E-state index contributed by atoms with van der Waals surface area (Å²) in [5.41, 5.74) is 1.46. The zero-order valence-corrected chi connectivity index (χ0v) is 19.4. The molecule has 3 rings (SSSR count). The van der Waals surface area contributed by atoms with E-state index in [0.717, 1.165) is 31.5 Å². The third kappa shape index (κ3) is 6.93. The molecule has 0 saturated carbocycles. The van der Waals surface area contributed by atoms with Crippen molar-refractivity contribution in [3.8, 4) is 0 Å². The Morgan fingerprint density at radius 3 is 2.67 bits per heavy atom. The van der Waals surface area contributed by atoms with E-state index in [9.17, 15) is 0 Å². The lowest BCUT2D eigenvalue weighted by Crippen LogP contribution is -2.40. The van der Waals surface area contributed by atoms with Gasteiger partial charge in [0.15, 0.2) is 5.96 Å². The van der Waals surface area contributed by atoms with Gasteiger partial charge in [-0.25, -0.2) is 0 Å². The molecule has 27 heavy (non-hydrogen) atoms. The van der Waals surface area contributed by atoms with Gasteiger partial charge in [-0.3, -0.25) is 4.99 Å². The summed E-state index contributed by atoms with van der Waals surface area (Å²) in [5, 5.41) is 3.59. The van der Waals surface area contributed by atoms with Crippen molar-refractivity contribution in [3.05, 3.63) is 35.9 Å². The minimum absolute atomic E-state index is 0. The summed E-state index contributed by atoms with van der Waals surface area (Å²) in [4.78, 5) is 9.58. The van der Waals surface area contributed by atoms with Crippen LogP contribution < -0.4 is 5.32 Å². The second-order valence-electron chi connectivity index (χ2n) is 8.07. The van der Waals surface area contributed by atoms with E-state index >= 15 is 0 Å². The van der Waals surface area contributed by atoms with Crippen molar-refractivity contribution in [2.75, 3.05) is 46.3 Å². The van der Waals surface area contributed by atoms with Crippen LogP contribution in [0.15, 0.2) is 35.3 Å². The van der Waals surface area contributed by atoms with Gasteiger partial charge in [-0.1, -0.05) is 37.3 Å². The molecule has 1 aromatic carbocycles. The Bertz CT molecular complexity index is 563. The van der Waals surface area contributed by atoms with Gasteiger partial charge in [0, 0.05) is 39.1 Å². The number of likely N-dealkylation sites (tertiary alicyclic amines) is 2. The Morgan fingerprint density at radius 2 is 1.93 bits per heavy atom. The number of unbranched alkanes of at least 4 members (excludes halogenated alkanes) is 1. The summed E-state index contributed by atoms with van der Waals surface area (Å²) >= 11 is 0. The van der Waals surface area contributed by atoms with Gasteiger partial charge < -0.3 is 15.1 Å². The van der Waals surface area contributed by atoms with E-state index in [1.165, 1.54) is 57.3 Å². The number of aliphatic imine (C=N–C) groups is 1. The van der Waals surface area contributed by atoms with Crippen LogP contribution in [0.4, 0.5) is 0 Å². The highest BCUT2D eigenvalue weighted by molar-refractivity contribution is 14.0. The number of nitrogens with one attached hydrogen (secondary N) is 1. The number of halogens is 1. The van der Waals surface area contributed by atoms with Crippen LogP contribution in [0.5, 0.6) is 0 Å². The summed E-state index contributed by atoms with van der Waals surface area (Å²) < 4.78 is 0. The minimum Gasteiger partial charge on any atom is -0.356 e. The van der Waals surface area contributed by atoms with Gasteiger partial charge in [0.1, 0.15) is 0 Å². The minimum atomic E-state index is 0. The molecule has 2 heterocycles. The predicted molar refractivity (Wildman–Crippen MR) is 126 cm³/mol. The molecule has 152 valence electrons. The molecule has 5 heteroatoms. The Labute approximate surface area is 182 Å². The molecule has 0 amide bonds. The fourth-order valence-electron chi connectivity index (χ4n) is 4.43. The first-order valence-electron chi connectivity index (χ1n) is 10.5. The number of benzene rings is 1. The highest BCUT2D eigenvalue weighted by Gasteiger charge is 2.25. The van der Waals surface area contributed by atoms with Crippen LogP contribution in [0.25, 0.3) is 0 Å². The number of nitrogens with zero attached hydrogens (tertiary/aromatic N) is 3. The molecule has 0 spiro atoms. The van der Waals surface area contributed by atoms with Gasteiger partial charge in [-0.15, -0.1) is 24.0 Å². The molecule has 2 unspecified atom stereocenters. The van der Waals surface area contributed by atoms with Gasteiger partial charge in [0.05, 0.1) is 0 Å². The molecule has 2 fully saturated rings. The first-order chi connectivity index (χ1) is 12.8. The number of rotatable bonds is 6. The standard InChI is InChI=1S/C22H36N4.HI/c1-19-9-8-15-25(17-19)14-7-6-13-24-22(23-2)26-16-12-21(18-26)20-10-4-3-5-11-20;/h3-5,10-11,19,21H,6-9,12-18H2,1-2H3,(H,23,24);1H. The second kappa shape index (κ2) is 11.9. The van der Waals surface area contributed by atoms with Crippen molar-refractivity contribution in [3.63, 3.8) is 0 Å². The van der Waals surface area contributed by atoms with E-state index in [1.807, 2.05) is 7.05 Å². The van der Waals surface area contributed by atoms with E-state index in [4.69, 9.17) is 0 Å².